The largest absolute Gasteiger partial charge is 0.352 e. The van der Waals surface area contributed by atoms with Crippen LogP contribution in [-0.4, -0.2) is 18.4 Å². The summed E-state index contributed by atoms with van der Waals surface area (Å²) in [5.74, 6) is 0.0295. The third-order valence-corrected chi connectivity index (χ3v) is 4.08. The van der Waals surface area contributed by atoms with Crippen LogP contribution in [0.15, 0.2) is 61.2 Å². The zero-order chi connectivity index (χ0) is 18.9. The van der Waals surface area contributed by atoms with Crippen LogP contribution in [0.5, 0.6) is 0 Å². The van der Waals surface area contributed by atoms with E-state index in [-0.39, 0.29) is 11.8 Å². The fourth-order valence-electron chi connectivity index (χ4n) is 2.74. The number of carbonyl (C=O) groups excluding carboxylic acids is 2. The first-order chi connectivity index (χ1) is 12.5. The number of hydrogen-bond donors (Lipinski definition) is 1. The molecule has 0 atom stereocenters. The number of nitrogens with zero attached hydrogens (tertiary/aromatic N) is 1. The Labute approximate surface area is 155 Å². The molecule has 2 aromatic rings. The van der Waals surface area contributed by atoms with Crippen LogP contribution in [-0.2, 0) is 22.6 Å². The molecular formula is C22H26N2O2. The maximum absolute atomic E-state index is 12.4. The van der Waals surface area contributed by atoms with Gasteiger partial charge in [0.1, 0.15) is 0 Å². The van der Waals surface area contributed by atoms with Gasteiger partial charge in [-0.25, -0.2) is 0 Å². The molecule has 0 spiro atoms. The van der Waals surface area contributed by atoms with Crippen LogP contribution in [0, 0.1) is 6.92 Å². The molecule has 0 fully saturated rings. The zero-order valence-corrected chi connectivity index (χ0v) is 15.5. The molecule has 0 aliphatic heterocycles. The number of anilines is 1. The number of nitrogens with one attached hydrogen (secondary N) is 1. The lowest BCUT2D eigenvalue weighted by Crippen LogP contribution is -2.29. The summed E-state index contributed by atoms with van der Waals surface area (Å²) in [6.07, 6.45) is 2.41. The highest BCUT2D eigenvalue weighted by Crippen LogP contribution is 2.20. The number of benzene rings is 2. The zero-order valence-electron chi connectivity index (χ0n) is 15.5. The van der Waals surface area contributed by atoms with Crippen molar-refractivity contribution in [2.24, 2.45) is 0 Å². The highest BCUT2D eigenvalue weighted by Gasteiger charge is 2.15. The van der Waals surface area contributed by atoms with Gasteiger partial charge in [0.25, 0.3) is 0 Å². The fraction of sp³-hybridized carbons (Fsp3) is 0.273. The van der Waals surface area contributed by atoms with E-state index < -0.39 is 0 Å². The Balaban J connectivity index is 2.14. The lowest BCUT2D eigenvalue weighted by molar-refractivity contribution is -0.120. The van der Waals surface area contributed by atoms with Gasteiger partial charge < -0.3 is 10.2 Å². The minimum absolute atomic E-state index is 0.0427. The first-order valence-corrected chi connectivity index (χ1v) is 8.86. The Bertz CT molecular complexity index is 766. The van der Waals surface area contributed by atoms with E-state index in [9.17, 15) is 9.59 Å². The molecule has 2 aromatic carbocycles. The van der Waals surface area contributed by atoms with Gasteiger partial charge in [-0.05, 0) is 30.2 Å². The van der Waals surface area contributed by atoms with Crippen molar-refractivity contribution in [2.75, 3.05) is 11.4 Å². The maximum Gasteiger partial charge on any atom is 0.227 e. The van der Waals surface area contributed by atoms with Gasteiger partial charge in [0, 0.05) is 18.7 Å². The van der Waals surface area contributed by atoms with Crippen molar-refractivity contribution in [1.82, 2.24) is 5.32 Å². The van der Waals surface area contributed by atoms with E-state index >= 15 is 0 Å². The van der Waals surface area contributed by atoms with Crippen LogP contribution in [0.2, 0.25) is 0 Å². The number of amides is 2. The summed E-state index contributed by atoms with van der Waals surface area (Å²) >= 11 is 0. The van der Waals surface area contributed by atoms with E-state index in [1.165, 1.54) is 5.56 Å². The number of carbonyl (C=O) groups is 2. The lowest BCUT2D eigenvalue weighted by atomic mass is 10.1. The second kappa shape index (κ2) is 9.56. The Kier molecular flexibility index (Phi) is 7.15. The highest BCUT2D eigenvalue weighted by atomic mass is 16.2. The fourth-order valence-corrected chi connectivity index (χ4v) is 2.74. The Hall–Kier alpha value is -2.88. The second-order valence-electron chi connectivity index (χ2n) is 6.26. The third kappa shape index (κ3) is 5.59. The molecule has 0 saturated heterocycles. The van der Waals surface area contributed by atoms with Gasteiger partial charge in [0.15, 0.2) is 0 Å². The summed E-state index contributed by atoms with van der Waals surface area (Å²) in [5.41, 5.74) is 4.02. The SMILES string of the molecule is C=CCNC(=O)Cc1ccc(N(Cc2cccc(C)c2)C(=O)CC)cc1. The van der Waals surface area contributed by atoms with Gasteiger partial charge >= 0.3 is 0 Å². The Morgan fingerprint density at radius 2 is 1.85 bits per heavy atom. The average molecular weight is 350 g/mol. The molecule has 4 heteroatoms. The van der Waals surface area contributed by atoms with Crippen LogP contribution >= 0.6 is 0 Å². The summed E-state index contributed by atoms with van der Waals surface area (Å²) in [7, 11) is 0. The monoisotopic (exact) mass is 350 g/mol. The van der Waals surface area contributed by atoms with E-state index in [1.54, 1.807) is 11.0 Å². The van der Waals surface area contributed by atoms with Crippen LogP contribution < -0.4 is 10.2 Å². The van der Waals surface area contributed by atoms with Crippen molar-refractivity contribution in [1.29, 1.82) is 0 Å². The first-order valence-electron chi connectivity index (χ1n) is 8.86. The summed E-state index contributed by atoms with van der Waals surface area (Å²) in [5, 5.41) is 2.76. The summed E-state index contributed by atoms with van der Waals surface area (Å²) in [6.45, 7) is 8.49. The molecular weight excluding hydrogens is 324 g/mol. The minimum Gasteiger partial charge on any atom is -0.352 e. The smallest absolute Gasteiger partial charge is 0.227 e. The average Bonchev–Trinajstić information content (AvgIpc) is 2.64. The van der Waals surface area contributed by atoms with Crippen molar-refractivity contribution >= 4 is 17.5 Å². The predicted octanol–water partition coefficient (Wildman–Crippen LogP) is 3.78. The molecule has 0 saturated carbocycles. The van der Waals surface area contributed by atoms with Crippen LogP contribution in [0.25, 0.3) is 0 Å². The number of hydrogen-bond acceptors (Lipinski definition) is 2. The van der Waals surface area contributed by atoms with Crippen molar-refractivity contribution in [3.05, 3.63) is 77.9 Å². The summed E-state index contributed by atoms with van der Waals surface area (Å²) in [4.78, 5) is 26.0. The Morgan fingerprint density at radius 1 is 1.12 bits per heavy atom. The van der Waals surface area contributed by atoms with E-state index in [2.05, 4.69) is 18.0 Å². The minimum atomic E-state index is -0.0427. The normalized spacial score (nSPS) is 10.2. The molecule has 26 heavy (non-hydrogen) atoms. The lowest BCUT2D eigenvalue weighted by Gasteiger charge is -2.23. The van der Waals surface area contributed by atoms with E-state index in [1.807, 2.05) is 56.3 Å². The van der Waals surface area contributed by atoms with E-state index in [0.29, 0.717) is 25.9 Å². The quantitative estimate of drug-likeness (QED) is 0.737. The van der Waals surface area contributed by atoms with E-state index in [4.69, 9.17) is 0 Å². The summed E-state index contributed by atoms with van der Waals surface area (Å²) in [6, 6.07) is 15.8. The molecule has 0 aliphatic rings. The molecule has 0 aromatic heterocycles. The van der Waals surface area contributed by atoms with Gasteiger partial charge in [-0.3, -0.25) is 9.59 Å². The van der Waals surface area contributed by atoms with Crippen molar-refractivity contribution < 1.29 is 9.59 Å². The van der Waals surface area contributed by atoms with Crippen LogP contribution in [0.4, 0.5) is 5.69 Å². The molecule has 0 radical (unpaired) electrons. The molecule has 0 heterocycles. The van der Waals surface area contributed by atoms with Crippen LogP contribution in [0.1, 0.15) is 30.0 Å². The van der Waals surface area contributed by atoms with Gasteiger partial charge in [-0.15, -0.1) is 6.58 Å². The summed E-state index contributed by atoms with van der Waals surface area (Å²) < 4.78 is 0. The molecule has 1 N–H and O–H groups in total. The molecule has 2 rings (SSSR count). The van der Waals surface area contributed by atoms with Crippen molar-refractivity contribution in [3.8, 4) is 0 Å². The topological polar surface area (TPSA) is 49.4 Å². The molecule has 0 aliphatic carbocycles. The van der Waals surface area contributed by atoms with Gasteiger partial charge in [0.2, 0.25) is 11.8 Å². The molecule has 4 nitrogen and oxygen atoms in total. The molecule has 0 bridgehead atoms. The second-order valence-corrected chi connectivity index (χ2v) is 6.26. The maximum atomic E-state index is 12.4. The molecule has 136 valence electrons. The van der Waals surface area contributed by atoms with Crippen LogP contribution in [0.3, 0.4) is 0 Å². The highest BCUT2D eigenvalue weighted by molar-refractivity contribution is 5.93. The third-order valence-electron chi connectivity index (χ3n) is 4.08. The van der Waals surface area contributed by atoms with Gasteiger partial charge in [-0.1, -0.05) is 55.0 Å². The Morgan fingerprint density at radius 3 is 2.46 bits per heavy atom. The number of rotatable bonds is 8. The van der Waals surface area contributed by atoms with Crippen molar-refractivity contribution in [3.63, 3.8) is 0 Å². The van der Waals surface area contributed by atoms with Gasteiger partial charge in [0.05, 0.1) is 13.0 Å². The predicted molar refractivity (Wildman–Crippen MR) is 106 cm³/mol. The van der Waals surface area contributed by atoms with E-state index in [0.717, 1.165) is 16.8 Å². The van der Waals surface area contributed by atoms with Gasteiger partial charge in [-0.2, -0.15) is 0 Å². The standard InChI is InChI=1S/C22H26N2O2/c1-4-13-23-21(25)15-18-9-11-20(12-10-18)24(22(26)5-2)16-19-8-6-7-17(3)14-19/h4,6-12,14H,1,5,13,15-16H2,2-3H3,(H,23,25). The number of aryl methyl sites for hydroxylation is 1. The van der Waals surface area contributed by atoms with Crippen molar-refractivity contribution in [2.45, 2.75) is 33.2 Å². The first kappa shape index (κ1) is 19.4. The molecule has 2 amide bonds. The molecule has 0 unspecified atom stereocenters.